The number of aliphatic hydroxyl groups is 1. The maximum Gasteiger partial charge on any atom is 0.410 e. The van der Waals surface area contributed by atoms with Gasteiger partial charge in [-0.1, -0.05) is 45.0 Å². The molecule has 0 unspecified atom stereocenters. The number of ether oxygens (including phenoxy) is 1. The lowest BCUT2D eigenvalue weighted by Gasteiger charge is -2.55. The van der Waals surface area contributed by atoms with E-state index in [1.807, 2.05) is 33.0 Å². The molecule has 2 aliphatic rings. The van der Waals surface area contributed by atoms with E-state index >= 15 is 0 Å². The standard InChI is InChI=1S/C33H45N5O3/c1-22(2)23-8-10-26(11-9-23)33(40,32(6)20-37(7)21-32)27-16-25(18-34-19-27)29-17-28(35-36-29)24-12-14-38(15-13-24)30(39)41-31(3,4)5/h8-11,16-19,22,24,40H,12-15,20-21H2,1-7H3,(H,35,36)/t33-/m0/s1. The molecule has 2 aromatic heterocycles. The fourth-order valence-electron chi connectivity index (χ4n) is 6.52. The van der Waals surface area contributed by atoms with Gasteiger partial charge in [0.25, 0.3) is 0 Å². The van der Waals surface area contributed by atoms with E-state index in [1.165, 1.54) is 5.56 Å². The van der Waals surface area contributed by atoms with Gasteiger partial charge in [-0.3, -0.25) is 10.1 Å². The molecular formula is C33H45N5O3. The van der Waals surface area contributed by atoms with E-state index in [-0.39, 0.29) is 17.4 Å². The number of aromatic amines is 1. The predicted octanol–water partition coefficient (Wildman–Crippen LogP) is 5.90. The topological polar surface area (TPSA) is 94.6 Å². The van der Waals surface area contributed by atoms with Gasteiger partial charge in [-0.05, 0) is 69.8 Å². The predicted molar refractivity (Wildman–Crippen MR) is 161 cm³/mol. The first-order chi connectivity index (χ1) is 19.3. The number of nitrogens with zero attached hydrogens (tertiary/aromatic N) is 4. The molecule has 8 nitrogen and oxygen atoms in total. The van der Waals surface area contributed by atoms with Crippen LogP contribution in [-0.2, 0) is 10.3 Å². The molecule has 3 aromatic rings. The summed E-state index contributed by atoms with van der Waals surface area (Å²) in [6.07, 6.45) is 5.05. The molecule has 220 valence electrons. The van der Waals surface area contributed by atoms with Crippen LogP contribution in [0.3, 0.4) is 0 Å². The number of benzene rings is 1. The first-order valence-electron chi connectivity index (χ1n) is 14.8. The van der Waals surface area contributed by atoms with Gasteiger partial charge in [0.05, 0.1) is 5.69 Å². The van der Waals surface area contributed by atoms with Crippen LogP contribution in [0.2, 0.25) is 0 Å². The third kappa shape index (κ3) is 5.77. The summed E-state index contributed by atoms with van der Waals surface area (Å²) in [5.41, 5.74) is 3.58. The summed E-state index contributed by atoms with van der Waals surface area (Å²) >= 11 is 0. The molecule has 2 saturated heterocycles. The Kier molecular flexibility index (Phi) is 7.76. The zero-order valence-corrected chi connectivity index (χ0v) is 25.6. The van der Waals surface area contributed by atoms with Crippen molar-refractivity contribution in [2.75, 3.05) is 33.2 Å². The summed E-state index contributed by atoms with van der Waals surface area (Å²) in [5, 5.41) is 20.4. The van der Waals surface area contributed by atoms with Crippen LogP contribution in [0, 0.1) is 5.41 Å². The minimum atomic E-state index is -1.20. The minimum Gasteiger partial charge on any atom is -0.444 e. The van der Waals surface area contributed by atoms with E-state index in [0.717, 1.165) is 54.0 Å². The Bertz CT molecular complexity index is 1360. The molecule has 0 spiro atoms. The quantitative estimate of drug-likeness (QED) is 0.391. The lowest BCUT2D eigenvalue weighted by atomic mass is 9.62. The average Bonchev–Trinajstić information content (AvgIpc) is 3.41. The third-order valence-electron chi connectivity index (χ3n) is 8.74. The molecule has 0 radical (unpaired) electrons. The average molecular weight is 560 g/mol. The van der Waals surface area contributed by atoms with Crippen molar-refractivity contribution in [1.29, 1.82) is 0 Å². The van der Waals surface area contributed by atoms with Crippen molar-refractivity contribution in [3.8, 4) is 11.3 Å². The molecule has 1 amide bonds. The van der Waals surface area contributed by atoms with E-state index in [4.69, 9.17) is 4.74 Å². The third-order valence-corrected chi connectivity index (χ3v) is 8.74. The summed E-state index contributed by atoms with van der Waals surface area (Å²) in [7, 11) is 2.09. The highest BCUT2D eigenvalue weighted by atomic mass is 16.6. The summed E-state index contributed by atoms with van der Waals surface area (Å²) in [6, 6.07) is 12.5. The van der Waals surface area contributed by atoms with Gasteiger partial charge in [0.1, 0.15) is 11.2 Å². The Morgan fingerprint density at radius 3 is 2.32 bits per heavy atom. The minimum absolute atomic E-state index is 0.248. The SMILES string of the molecule is CC(C)c1ccc([C@](O)(c2cncc(-c3cc(C4CCN(C(=O)OC(C)(C)C)CC4)[nH]n3)c2)C2(C)CN(C)C2)cc1. The fourth-order valence-corrected chi connectivity index (χ4v) is 6.52. The molecule has 1 atom stereocenters. The van der Waals surface area contributed by atoms with Gasteiger partial charge in [0.2, 0.25) is 0 Å². The highest BCUT2D eigenvalue weighted by Crippen LogP contribution is 2.50. The molecule has 4 heterocycles. The second-order valence-corrected chi connectivity index (χ2v) is 13.6. The molecule has 2 aliphatic heterocycles. The molecule has 2 N–H and O–H groups in total. The molecule has 8 heteroatoms. The number of carbonyl (C=O) groups excluding carboxylic acids is 1. The Morgan fingerprint density at radius 2 is 1.73 bits per heavy atom. The lowest BCUT2D eigenvalue weighted by molar-refractivity contribution is -0.127. The van der Waals surface area contributed by atoms with Crippen LogP contribution >= 0.6 is 0 Å². The van der Waals surface area contributed by atoms with E-state index in [2.05, 4.69) is 78.2 Å². The first-order valence-corrected chi connectivity index (χ1v) is 14.8. The number of nitrogens with one attached hydrogen (secondary N) is 1. The largest absolute Gasteiger partial charge is 0.444 e. The summed E-state index contributed by atoms with van der Waals surface area (Å²) in [6.45, 7) is 15.1. The van der Waals surface area contributed by atoms with Gasteiger partial charge in [-0.15, -0.1) is 0 Å². The number of rotatable bonds is 6. The van der Waals surface area contributed by atoms with Crippen LogP contribution < -0.4 is 0 Å². The highest BCUT2D eigenvalue weighted by molar-refractivity contribution is 5.68. The maximum atomic E-state index is 12.6. The summed E-state index contributed by atoms with van der Waals surface area (Å²) in [5.74, 6) is 0.706. The molecule has 41 heavy (non-hydrogen) atoms. The number of carbonyl (C=O) groups is 1. The van der Waals surface area contributed by atoms with Crippen molar-refractivity contribution in [2.45, 2.75) is 77.4 Å². The van der Waals surface area contributed by atoms with Crippen molar-refractivity contribution in [2.24, 2.45) is 5.41 Å². The van der Waals surface area contributed by atoms with Crippen molar-refractivity contribution >= 4 is 6.09 Å². The summed E-state index contributed by atoms with van der Waals surface area (Å²) < 4.78 is 5.55. The smallest absolute Gasteiger partial charge is 0.410 e. The molecule has 2 fully saturated rings. The summed E-state index contributed by atoms with van der Waals surface area (Å²) in [4.78, 5) is 21.1. The number of likely N-dealkylation sites (tertiary alicyclic amines) is 2. The van der Waals surface area contributed by atoms with Crippen LogP contribution in [0.25, 0.3) is 11.3 Å². The van der Waals surface area contributed by atoms with E-state index in [9.17, 15) is 9.90 Å². The number of pyridine rings is 1. The van der Waals surface area contributed by atoms with E-state index < -0.39 is 11.2 Å². The van der Waals surface area contributed by atoms with Gasteiger partial charge in [0, 0.05) is 66.7 Å². The van der Waals surface area contributed by atoms with Crippen molar-refractivity contribution in [1.82, 2.24) is 25.0 Å². The number of hydrogen-bond donors (Lipinski definition) is 2. The van der Waals surface area contributed by atoms with Crippen molar-refractivity contribution in [3.63, 3.8) is 0 Å². The Labute approximate surface area is 244 Å². The van der Waals surface area contributed by atoms with Gasteiger partial charge in [0.15, 0.2) is 0 Å². The number of aromatic nitrogens is 3. The van der Waals surface area contributed by atoms with Gasteiger partial charge < -0.3 is 19.6 Å². The van der Waals surface area contributed by atoms with E-state index in [1.54, 1.807) is 11.1 Å². The van der Waals surface area contributed by atoms with Crippen LogP contribution in [0.1, 0.15) is 88.6 Å². The zero-order chi connectivity index (χ0) is 29.6. The van der Waals surface area contributed by atoms with Crippen molar-refractivity contribution < 1.29 is 14.6 Å². The zero-order valence-electron chi connectivity index (χ0n) is 25.6. The number of hydrogen-bond acceptors (Lipinski definition) is 6. The Morgan fingerprint density at radius 1 is 1.07 bits per heavy atom. The first kappa shape index (κ1) is 29.3. The van der Waals surface area contributed by atoms with Crippen LogP contribution in [0.15, 0.2) is 48.8 Å². The molecule has 1 aromatic carbocycles. The Hall–Kier alpha value is -3.23. The second-order valence-electron chi connectivity index (χ2n) is 13.6. The normalized spacial score (nSPS) is 19.6. The highest BCUT2D eigenvalue weighted by Gasteiger charge is 2.55. The van der Waals surface area contributed by atoms with Crippen LogP contribution in [0.4, 0.5) is 4.79 Å². The number of amides is 1. The molecule has 0 saturated carbocycles. The molecule has 0 bridgehead atoms. The van der Waals surface area contributed by atoms with E-state index in [0.29, 0.717) is 19.0 Å². The number of piperidine rings is 1. The monoisotopic (exact) mass is 559 g/mol. The maximum absolute atomic E-state index is 12.6. The van der Waals surface area contributed by atoms with Gasteiger partial charge >= 0.3 is 6.09 Å². The van der Waals surface area contributed by atoms with Crippen molar-refractivity contribution in [3.05, 3.63) is 71.2 Å². The molecular weight excluding hydrogens is 514 g/mol. The molecule has 0 aliphatic carbocycles. The fraction of sp³-hybridized carbons (Fsp3) is 0.545. The number of H-pyrrole nitrogens is 1. The Balaban J connectivity index is 1.38. The van der Waals surface area contributed by atoms with Crippen LogP contribution in [0.5, 0.6) is 0 Å². The lowest BCUT2D eigenvalue weighted by Crippen LogP contribution is -2.63. The molecule has 5 rings (SSSR count). The second kappa shape index (κ2) is 10.9. The van der Waals surface area contributed by atoms with Crippen LogP contribution in [-0.4, -0.2) is 75.0 Å². The van der Waals surface area contributed by atoms with Gasteiger partial charge in [-0.2, -0.15) is 5.10 Å². The van der Waals surface area contributed by atoms with Gasteiger partial charge in [-0.25, -0.2) is 4.79 Å².